The van der Waals surface area contributed by atoms with Crippen LogP contribution in [0.2, 0.25) is 0 Å². The Morgan fingerprint density at radius 1 is 1.24 bits per heavy atom. The first-order chi connectivity index (χ1) is 8.16. The summed E-state index contributed by atoms with van der Waals surface area (Å²) >= 11 is 0. The van der Waals surface area contributed by atoms with Crippen molar-refractivity contribution >= 4 is 10.9 Å². The fraction of sp³-hybridized carbons (Fsp3) is 0.429. The van der Waals surface area contributed by atoms with Gasteiger partial charge >= 0.3 is 0 Å². The van der Waals surface area contributed by atoms with Crippen LogP contribution in [0.5, 0.6) is 0 Å². The molecular weight excluding hydrogens is 210 g/mol. The van der Waals surface area contributed by atoms with Crippen molar-refractivity contribution in [2.45, 2.75) is 32.7 Å². The van der Waals surface area contributed by atoms with E-state index >= 15 is 0 Å². The summed E-state index contributed by atoms with van der Waals surface area (Å²) in [6.07, 6.45) is 3.74. The van der Waals surface area contributed by atoms with Gasteiger partial charge in [0, 0.05) is 11.4 Å². The Kier molecular flexibility index (Phi) is 3.69. The van der Waals surface area contributed by atoms with Crippen molar-refractivity contribution < 1.29 is 0 Å². The molecule has 0 saturated carbocycles. The fourth-order valence-electron chi connectivity index (χ4n) is 2.20. The van der Waals surface area contributed by atoms with E-state index in [1.54, 1.807) is 0 Å². The van der Waals surface area contributed by atoms with Gasteiger partial charge in [-0.1, -0.05) is 32.0 Å². The van der Waals surface area contributed by atoms with E-state index in [-0.39, 0.29) is 6.04 Å². The van der Waals surface area contributed by atoms with Gasteiger partial charge in [-0.25, -0.2) is 0 Å². The standard InChI is InChI=1S/C14H19N3/c1-10(2)7-12(15)8-11-9-16-17-14-6-4-3-5-13(11)14/h3-6,9-10,12H,7-8,15H2,1-2H3. The summed E-state index contributed by atoms with van der Waals surface area (Å²) in [5.74, 6) is 0.631. The first-order valence-corrected chi connectivity index (χ1v) is 6.11. The maximum absolute atomic E-state index is 6.15. The van der Waals surface area contributed by atoms with E-state index in [2.05, 4.69) is 30.1 Å². The maximum Gasteiger partial charge on any atom is 0.0932 e. The lowest BCUT2D eigenvalue weighted by Crippen LogP contribution is -2.24. The first-order valence-electron chi connectivity index (χ1n) is 6.11. The van der Waals surface area contributed by atoms with Crippen LogP contribution in [0.3, 0.4) is 0 Å². The third-order valence-corrected chi connectivity index (χ3v) is 2.89. The molecule has 2 N–H and O–H groups in total. The number of hydrogen-bond acceptors (Lipinski definition) is 3. The van der Waals surface area contributed by atoms with Gasteiger partial charge in [-0.2, -0.15) is 10.2 Å². The number of benzene rings is 1. The molecule has 0 fully saturated rings. The zero-order chi connectivity index (χ0) is 12.3. The number of fused-ring (bicyclic) bond motifs is 1. The van der Waals surface area contributed by atoms with Crippen LogP contribution in [0.25, 0.3) is 10.9 Å². The second-order valence-electron chi connectivity index (χ2n) is 4.98. The molecule has 2 rings (SSSR count). The number of aromatic nitrogens is 2. The molecule has 0 radical (unpaired) electrons. The Balaban J connectivity index is 2.24. The van der Waals surface area contributed by atoms with Crippen molar-refractivity contribution in [2.75, 3.05) is 0 Å². The molecule has 0 aliphatic rings. The molecular formula is C14H19N3. The number of nitrogens with zero attached hydrogens (tertiary/aromatic N) is 2. The van der Waals surface area contributed by atoms with Crippen molar-refractivity contribution in [3.05, 3.63) is 36.0 Å². The largest absolute Gasteiger partial charge is 0.327 e. The van der Waals surface area contributed by atoms with E-state index < -0.39 is 0 Å². The summed E-state index contributed by atoms with van der Waals surface area (Å²) in [7, 11) is 0. The molecule has 3 nitrogen and oxygen atoms in total. The van der Waals surface area contributed by atoms with Gasteiger partial charge in [0.2, 0.25) is 0 Å². The molecule has 3 heteroatoms. The predicted molar refractivity (Wildman–Crippen MR) is 70.7 cm³/mol. The van der Waals surface area contributed by atoms with Crippen molar-refractivity contribution in [1.29, 1.82) is 0 Å². The van der Waals surface area contributed by atoms with E-state index in [0.29, 0.717) is 5.92 Å². The molecule has 90 valence electrons. The van der Waals surface area contributed by atoms with Crippen LogP contribution in [0.4, 0.5) is 0 Å². The smallest absolute Gasteiger partial charge is 0.0932 e. The van der Waals surface area contributed by atoms with E-state index in [4.69, 9.17) is 5.73 Å². The SMILES string of the molecule is CC(C)CC(N)Cc1cnnc2ccccc12. The minimum Gasteiger partial charge on any atom is -0.327 e. The van der Waals surface area contributed by atoms with Crippen LogP contribution in [-0.4, -0.2) is 16.2 Å². The minimum absolute atomic E-state index is 0.197. The number of rotatable bonds is 4. The predicted octanol–water partition coefficient (Wildman–Crippen LogP) is 2.55. The summed E-state index contributed by atoms with van der Waals surface area (Å²) in [6, 6.07) is 8.28. The fourth-order valence-corrected chi connectivity index (χ4v) is 2.20. The molecule has 0 spiro atoms. The van der Waals surface area contributed by atoms with Crippen LogP contribution in [0, 0.1) is 5.92 Å². The molecule has 0 saturated heterocycles. The van der Waals surface area contributed by atoms with Crippen LogP contribution in [0.15, 0.2) is 30.5 Å². The zero-order valence-corrected chi connectivity index (χ0v) is 10.4. The average Bonchev–Trinajstić information content (AvgIpc) is 2.28. The Morgan fingerprint density at radius 2 is 2.00 bits per heavy atom. The van der Waals surface area contributed by atoms with Crippen molar-refractivity contribution in [3.8, 4) is 0 Å². The molecule has 2 aromatic rings. The Bertz CT molecular complexity index is 488. The molecule has 0 aliphatic carbocycles. The quantitative estimate of drug-likeness (QED) is 0.876. The topological polar surface area (TPSA) is 51.8 Å². The molecule has 17 heavy (non-hydrogen) atoms. The van der Waals surface area contributed by atoms with Gasteiger partial charge in [0.05, 0.1) is 11.7 Å². The summed E-state index contributed by atoms with van der Waals surface area (Å²) in [5.41, 5.74) is 8.29. The van der Waals surface area contributed by atoms with Gasteiger partial charge in [-0.05, 0) is 30.4 Å². The second kappa shape index (κ2) is 5.23. The third-order valence-electron chi connectivity index (χ3n) is 2.89. The number of nitrogens with two attached hydrogens (primary N) is 1. The van der Waals surface area contributed by atoms with Gasteiger partial charge in [0.1, 0.15) is 0 Å². The van der Waals surface area contributed by atoms with Gasteiger partial charge < -0.3 is 5.73 Å². The number of hydrogen-bond donors (Lipinski definition) is 1. The molecule has 1 unspecified atom stereocenters. The highest BCUT2D eigenvalue weighted by Gasteiger charge is 2.09. The summed E-state index contributed by atoms with van der Waals surface area (Å²) < 4.78 is 0. The van der Waals surface area contributed by atoms with Gasteiger partial charge in [0.25, 0.3) is 0 Å². The highest BCUT2D eigenvalue weighted by atomic mass is 15.1. The van der Waals surface area contributed by atoms with Crippen molar-refractivity contribution in [1.82, 2.24) is 10.2 Å². The molecule has 0 amide bonds. The summed E-state index contributed by atoms with van der Waals surface area (Å²) in [4.78, 5) is 0. The molecule has 1 atom stereocenters. The maximum atomic E-state index is 6.15. The molecule has 0 bridgehead atoms. The first kappa shape index (κ1) is 12.0. The van der Waals surface area contributed by atoms with Crippen LogP contribution in [0.1, 0.15) is 25.8 Å². The lowest BCUT2D eigenvalue weighted by Gasteiger charge is -2.14. The molecule has 0 aliphatic heterocycles. The molecule has 1 aromatic heterocycles. The van der Waals surface area contributed by atoms with Gasteiger partial charge in [0.15, 0.2) is 0 Å². The van der Waals surface area contributed by atoms with Crippen molar-refractivity contribution in [2.24, 2.45) is 11.7 Å². The minimum atomic E-state index is 0.197. The van der Waals surface area contributed by atoms with Crippen LogP contribution in [-0.2, 0) is 6.42 Å². The Hall–Kier alpha value is -1.48. The van der Waals surface area contributed by atoms with E-state index in [9.17, 15) is 0 Å². The van der Waals surface area contributed by atoms with Gasteiger partial charge in [-0.3, -0.25) is 0 Å². The molecule has 1 aromatic carbocycles. The van der Waals surface area contributed by atoms with Crippen molar-refractivity contribution in [3.63, 3.8) is 0 Å². The lowest BCUT2D eigenvalue weighted by atomic mass is 9.97. The summed E-state index contributed by atoms with van der Waals surface area (Å²) in [5, 5.41) is 9.33. The third kappa shape index (κ3) is 3.01. The lowest BCUT2D eigenvalue weighted by molar-refractivity contribution is 0.494. The Labute approximate surface area is 102 Å². The zero-order valence-electron chi connectivity index (χ0n) is 10.4. The highest BCUT2D eigenvalue weighted by molar-refractivity contribution is 5.81. The summed E-state index contributed by atoms with van der Waals surface area (Å²) in [6.45, 7) is 4.39. The normalized spacial score (nSPS) is 13.2. The van der Waals surface area contributed by atoms with Gasteiger partial charge in [-0.15, -0.1) is 0 Å². The second-order valence-corrected chi connectivity index (χ2v) is 4.98. The van der Waals surface area contributed by atoms with E-state index in [1.165, 1.54) is 10.9 Å². The van der Waals surface area contributed by atoms with E-state index in [1.807, 2.05) is 24.4 Å². The van der Waals surface area contributed by atoms with E-state index in [0.717, 1.165) is 18.4 Å². The highest BCUT2D eigenvalue weighted by Crippen LogP contribution is 2.17. The Morgan fingerprint density at radius 3 is 2.76 bits per heavy atom. The monoisotopic (exact) mass is 229 g/mol. The molecule has 1 heterocycles. The van der Waals surface area contributed by atoms with Crippen LogP contribution >= 0.6 is 0 Å². The van der Waals surface area contributed by atoms with Crippen LogP contribution < -0.4 is 5.73 Å². The average molecular weight is 229 g/mol.